The Morgan fingerprint density at radius 1 is 1.10 bits per heavy atom. The molecule has 0 bridgehead atoms. The molecule has 1 heterocycles. The normalized spacial score (nSPS) is 14.7. The van der Waals surface area contributed by atoms with E-state index in [-0.39, 0.29) is 0 Å². The number of benzene rings is 2. The minimum absolute atomic E-state index is 0.758. The maximum atomic E-state index is 4.60. The molecule has 0 radical (unpaired) electrons. The molecule has 1 N–H and O–H groups in total. The van der Waals surface area contributed by atoms with E-state index in [2.05, 4.69) is 52.8 Å². The predicted molar refractivity (Wildman–Crippen MR) is 88.7 cm³/mol. The van der Waals surface area contributed by atoms with Gasteiger partial charge in [0.2, 0.25) is 0 Å². The molecule has 3 aromatic rings. The first kappa shape index (κ1) is 13.0. The Morgan fingerprint density at radius 2 is 1.95 bits per heavy atom. The summed E-state index contributed by atoms with van der Waals surface area (Å²) >= 11 is 1.83. The van der Waals surface area contributed by atoms with Crippen molar-refractivity contribution >= 4 is 22.1 Å². The number of rotatable bonds is 5. The molecule has 0 saturated heterocycles. The van der Waals surface area contributed by atoms with Gasteiger partial charge in [-0.1, -0.05) is 42.5 Å². The van der Waals surface area contributed by atoms with Gasteiger partial charge < -0.3 is 5.32 Å². The lowest BCUT2D eigenvalue weighted by atomic mass is 10.0. The number of nitrogens with zero attached hydrogens (tertiary/aromatic N) is 1. The van der Waals surface area contributed by atoms with Crippen LogP contribution in [0, 0.1) is 0 Å². The standard InChI is InChI=1S/C18H18N2S/c1-2-7-17-13(4-1)5-3-6-14(17)10-18-20-12-16(21-18)11-19-15-8-9-15/h1-7,12,15,19H,8-11H2. The van der Waals surface area contributed by atoms with Crippen LogP contribution in [0.4, 0.5) is 0 Å². The van der Waals surface area contributed by atoms with Crippen molar-refractivity contribution in [2.24, 2.45) is 0 Å². The highest BCUT2D eigenvalue weighted by atomic mass is 32.1. The van der Waals surface area contributed by atoms with E-state index in [0.717, 1.165) is 19.0 Å². The molecule has 0 spiro atoms. The van der Waals surface area contributed by atoms with E-state index in [9.17, 15) is 0 Å². The van der Waals surface area contributed by atoms with Crippen molar-refractivity contribution in [2.45, 2.75) is 31.8 Å². The summed E-state index contributed by atoms with van der Waals surface area (Å²) in [6.45, 7) is 0.970. The Kier molecular flexibility index (Phi) is 3.45. The minimum atomic E-state index is 0.758. The summed E-state index contributed by atoms with van der Waals surface area (Å²) in [7, 11) is 0. The molecule has 21 heavy (non-hydrogen) atoms. The molecule has 1 saturated carbocycles. The Balaban J connectivity index is 1.53. The van der Waals surface area contributed by atoms with Crippen LogP contribution in [0.25, 0.3) is 10.8 Å². The summed E-state index contributed by atoms with van der Waals surface area (Å²) < 4.78 is 0. The van der Waals surface area contributed by atoms with Gasteiger partial charge in [0.25, 0.3) is 0 Å². The number of fused-ring (bicyclic) bond motifs is 1. The first-order valence-corrected chi connectivity index (χ1v) is 8.34. The van der Waals surface area contributed by atoms with Gasteiger partial charge in [0, 0.05) is 30.1 Å². The van der Waals surface area contributed by atoms with Crippen molar-refractivity contribution in [1.29, 1.82) is 0 Å². The van der Waals surface area contributed by atoms with Crippen LogP contribution in [0.2, 0.25) is 0 Å². The van der Waals surface area contributed by atoms with Gasteiger partial charge in [-0.15, -0.1) is 11.3 Å². The third-order valence-electron chi connectivity index (χ3n) is 3.97. The smallest absolute Gasteiger partial charge is 0.0972 e. The van der Waals surface area contributed by atoms with E-state index in [1.165, 1.54) is 39.1 Å². The summed E-state index contributed by atoms with van der Waals surface area (Å²) in [4.78, 5) is 5.94. The number of hydrogen-bond donors (Lipinski definition) is 1. The van der Waals surface area contributed by atoms with Gasteiger partial charge in [-0.2, -0.15) is 0 Å². The van der Waals surface area contributed by atoms with Crippen LogP contribution < -0.4 is 5.32 Å². The molecule has 0 atom stereocenters. The van der Waals surface area contributed by atoms with Gasteiger partial charge in [0.15, 0.2) is 0 Å². The first-order valence-electron chi connectivity index (χ1n) is 7.52. The van der Waals surface area contributed by atoms with Crippen LogP contribution in [0.15, 0.2) is 48.7 Å². The number of aromatic nitrogens is 1. The molecule has 0 unspecified atom stereocenters. The summed E-state index contributed by atoms with van der Waals surface area (Å²) in [6.07, 6.45) is 5.62. The molecule has 1 aliphatic rings. The highest BCUT2D eigenvalue weighted by Gasteiger charge is 2.20. The maximum Gasteiger partial charge on any atom is 0.0972 e. The summed E-state index contributed by atoms with van der Waals surface area (Å²) in [5, 5.41) is 7.41. The third-order valence-corrected chi connectivity index (χ3v) is 4.96. The van der Waals surface area contributed by atoms with E-state index >= 15 is 0 Å². The average Bonchev–Trinajstić information content (AvgIpc) is 3.25. The number of nitrogens with one attached hydrogen (secondary N) is 1. The summed E-state index contributed by atoms with van der Waals surface area (Å²) in [6, 6.07) is 15.9. The molecule has 1 aliphatic carbocycles. The molecule has 0 amide bonds. The zero-order valence-corrected chi connectivity index (χ0v) is 12.7. The topological polar surface area (TPSA) is 24.9 Å². The molecule has 3 heteroatoms. The van der Waals surface area contributed by atoms with Gasteiger partial charge in [0.05, 0.1) is 5.01 Å². The van der Waals surface area contributed by atoms with Gasteiger partial charge in [-0.3, -0.25) is 0 Å². The Hall–Kier alpha value is -1.71. The molecular formula is C18H18N2S. The second-order valence-corrected chi connectivity index (χ2v) is 6.89. The van der Waals surface area contributed by atoms with Crippen molar-refractivity contribution in [3.63, 3.8) is 0 Å². The summed E-state index contributed by atoms with van der Waals surface area (Å²) in [5.41, 5.74) is 1.36. The van der Waals surface area contributed by atoms with Gasteiger partial charge in [0.1, 0.15) is 0 Å². The fourth-order valence-corrected chi connectivity index (χ4v) is 3.55. The van der Waals surface area contributed by atoms with Crippen molar-refractivity contribution in [1.82, 2.24) is 10.3 Å². The zero-order valence-electron chi connectivity index (χ0n) is 11.9. The highest BCUT2D eigenvalue weighted by Crippen LogP contribution is 2.24. The highest BCUT2D eigenvalue weighted by molar-refractivity contribution is 7.11. The van der Waals surface area contributed by atoms with Crippen molar-refractivity contribution in [2.75, 3.05) is 0 Å². The predicted octanol–water partition coefficient (Wildman–Crippen LogP) is 4.14. The van der Waals surface area contributed by atoms with Crippen LogP contribution in [-0.2, 0) is 13.0 Å². The zero-order chi connectivity index (χ0) is 14.1. The van der Waals surface area contributed by atoms with E-state index in [0.29, 0.717) is 0 Å². The van der Waals surface area contributed by atoms with Crippen molar-refractivity contribution < 1.29 is 0 Å². The second-order valence-electron chi connectivity index (χ2n) is 5.69. The molecule has 2 nitrogen and oxygen atoms in total. The van der Waals surface area contributed by atoms with Crippen LogP contribution in [0.5, 0.6) is 0 Å². The Morgan fingerprint density at radius 3 is 2.86 bits per heavy atom. The van der Waals surface area contributed by atoms with E-state index in [4.69, 9.17) is 0 Å². The number of thiazole rings is 1. The van der Waals surface area contributed by atoms with E-state index < -0.39 is 0 Å². The SMILES string of the molecule is c1ccc2c(Cc3ncc(CNC4CC4)s3)cccc2c1. The third kappa shape index (κ3) is 2.99. The lowest BCUT2D eigenvalue weighted by molar-refractivity contribution is 0.694. The van der Waals surface area contributed by atoms with Gasteiger partial charge >= 0.3 is 0 Å². The lowest BCUT2D eigenvalue weighted by Crippen LogP contribution is -2.14. The van der Waals surface area contributed by atoms with Crippen LogP contribution in [0.1, 0.15) is 28.3 Å². The second kappa shape index (κ2) is 5.58. The average molecular weight is 294 g/mol. The van der Waals surface area contributed by atoms with Crippen LogP contribution in [0.3, 0.4) is 0 Å². The largest absolute Gasteiger partial charge is 0.309 e. The van der Waals surface area contributed by atoms with E-state index in [1.807, 2.05) is 17.5 Å². The summed E-state index contributed by atoms with van der Waals surface area (Å²) in [5.74, 6) is 0. The molecular weight excluding hydrogens is 276 g/mol. The van der Waals surface area contributed by atoms with Crippen LogP contribution >= 0.6 is 11.3 Å². The minimum Gasteiger partial charge on any atom is -0.309 e. The first-order chi connectivity index (χ1) is 10.4. The van der Waals surface area contributed by atoms with E-state index in [1.54, 1.807) is 0 Å². The van der Waals surface area contributed by atoms with Gasteiger partial charge in [-0.05, 0) is 29.2 Å². The molecule has 1 aromatic heterocycles. The fraction of sp³-hybridized carbons (Fsp3) is 0.278. The number of hydrogen-bond acceptors (Lipinski definition) is 3. The molecule has 2 aromatic carbocycles. The maximum absolute atomic E-state index is 4.60. The lowest BCUT2D eigenvalue weighted by Gasteiger charge is -2.04. The van der Waals surface area contributed by atoms with Crippen molar-refractivity contribution in [3.05, 3.63) is 64.1 Å². The van der Waals surface area contributed by atoms with Gasteiger partial charge in [-0.25, -0.2) is 4.98 Å². The molecule has 0 aliphatic heterocycles. The van der Waals surface area contributed by atoms with Crippen molar-refractivity contribution in [3.8, 4) is 0 Å². The monoisotopic (exact) mass is 294 g/mol. The quantitative estimate of drug-likeness (QED) is 0.765. The molecule has 1 fully saturated rings. The molecule has 106 valence electrons. The fourth-order valence-electron chi connectivity index (χ4n) is 2.65. The van der Waals surface area contributed by atoms with Crippen LogP contribution in [-0.4, -0.2) is 11.0 Å². The molecule has 4 rings (SSSR count). The Labute approximate surface area is 128 Å². The Bertz CT molecular complexity index is 753.